The minimum Gasteiger partial charge on any atom is -0.325 e. The SMILES string of the molecule is Cc1cc(C)cc(NC(=O)CN2C(=O)C(C)(C)c3cc(S(=O)(=O)N4CCCCC4)ccc32)c1. The van der Waals surface area contributed by atoms with Gasteiger partial charge in [0.05, 0.1) is 10.3 Å². The molecule has 33 heavy (non-hydrogen) atoms. The lowest BCUT2D eigenvalue weighted by Crippen LogP contribution is -2.40. The van der Waals surface area contributed by atoms with Gasteiger partial charge in [-0.2, -0.15) is 4.31 Å². The highest BCUT2D eigenvalue weighted by molar-refractivity contribution is 7.89. The summed E-state index contributed by atoms with van der Waals surface area (Å²) in [6.45, 7) is 8.36. The molecule has 0 atom stereocenters. The Balaban J connectivity index is 1.60. The van der Waals surface area contributed by atoms with Crippen molar-refractivity contribution < 1.29 is 18.0 Å². The number of nitrogens with zero attached hydrogens (tertiary/aromatic N) is 2. The van der Waals surface area contributed by atoms with E-state index in [1.165, 1.54) is 9.21 Å². The Kier molecular flexibility index (Phi) is 6.09. The lowest BCUT2D eigenvalue weighted by atomic mass is 9.86. The highest BCUT2D eigenvalue weighted by atomic mass is 32.2. The predicted octanol–water partition coefficient (Wildman–Crippen LogP) is 3.74. The molecule has 1 saturated heterocycles. The number of anilines is 2. The lowest BCUT2D eigenvalue weighted by Gasteiger charge is -2.26. The van der Waals surface area contributed by atoms with Gasteiger partial charge >= 0.3 is 0 Å². The number of carbonyl (C=O) groups is 2. The number of nitrogens with one attached hydrogen (secondary N) is 1. The van der Waals surface area contributed by atoms with E-state index in [9.17, 15) is 18.0 Å². The standard InChI is InChI=1S/C25H31N3O4S/c1-17-12-18(2)14-19(13-17)26-23(29)16-28-22-9-8-20(15-21(22)25(3,4)24(28)30)33(31,32)27-10-6-5-7-11-27/h8-9,12-15H,5-7,10-11,16H2,1-4H3,(H,26,29). The molecule has 0 spiro atoms. The van der Waals surface area contributed by atoms with Gasteiger partial charge in [-0.25, -0.2) is 8.42 Å². The zero-order valence-electron chi connectivity index (χ0n) is 19.6. The minimum atomic E-state index is -3.62. The quantitative estimate of drug-likeness (QED) is 0.723. The lowest BCUT2D eigenvalue weighted by molar-refractivity contribution is -0.124. The highest BCUT2D eigenvalue weighted by Crippen LogP contribution is 2.43. The van der Waals surface area contributed by atoms with Crippen molar-refractivity contribution in [1.29, 1.82) is 0 Å². The zero-order valence-corrected chi connectivity index (χ0v) is 20.5. The Morgan fingerprint density at radius 3 is 2.27 bits per heavy atom. The topological polar surface area (TPSA) is 86.8 Å². The predicted molar refractivity (Wildman–Crippen MR) is 129 cm³/mol. The Labute approximate surface area is 195 Å². The van der Waals surface area contributed by atoms with Gasteiger partial charge in [0.15, 0.2) is 0 Å². The first-order chi connectivity index (χ1) is 15.5. The van der Waals surface area contributed by atoms with E-state index in [4.69, 9.17) is 0 Å². The Hall–Kier alpha value is -2.71. The van der Waals surface area contributed by atoms with Gasteiger partial charge in [0.25, 0.3) is 0 Å². The van der Waals surface area contributed by atoms with Gasteiger partial charge in [-0.1, -0.05) is 12.5 Å². The molecule has 7 nitrogen and oxygen atoms in total. The Bertz CT molecular complexity index is 1190. The molecule has 176 valence electrons. The number of rotatable bonds is 5. The molecule has 0 saturated carbocycles. The summed E-state index contributed by atoms with van der Waals surface area (Å²) in [6.07, 6.45) is 2.76. The summed E-state index contributed by atoms with van der Waals surface area (Å²) >= 11 is 0. The van der Waals surface area contributed by atoms with Gasteiger partial charge in [0.1, 0.15) is 6.54 Å². The van der Waals surface area contributed by atoms with Crippen LogP contribution in [-0.2, 0) is 25.0 Å². The summed E-state index contributed by atoms with van der Waals surface area (Å²) in [5.74, 6) is -0.525. The third kappa shape index (κ3) is 4.42. The fourth-order valence-corrected chi connectivity index (χ4v) is 6.32. The Morgan fingerprint density at radius 2 is 1.64 bits per heavy atom. The van der Waals surface area contributed by atoms with Crippen molar-refractivity contribution in [2.24, 2.45) is 0 Å². The molecule has 0 aromatic heterocycles. The van der Waals surface area contributed by atoms with E-state index in [0.29, 0.717) is 30.0 Å². The second-order valence-electron chi connectivity index (χ2n) is 9.58. The van der Waals surface area contributed by atoms with Crippen LogP contribution in [-0.4, -0.2) is 44.2 Å². The molecule has 4 rings (SSSR count). The first-order valence-corrected chi connectivity index (χ1v) is 12.8. The number of amides is 2. The van der Waals surface area contributed by atoms with Crippen LogP contribution in [0.2, 0.25) is 0 Å². The van der Waals surface area contributed by atoms with E-state index in [1.54, 1.807) is 32.0 Å². The van der Waals surface area contributed by atoms with Crippen LogP contribution >= 0.6 is 0 Å². The van der Waals surface area contributed by atoms with Crippen molar-refractivity contribution in [2.75, 3.05) is 29.9 Å². The van der Waals surface area contributed by atoms with E-state index in [0.717, 1.165) is 30.4 Å². The molecule has 2 aromatic carbocycles. The Morgan fingerprint density at radius 1 is 1.00 bits per heavy atom. The van der Waals surface area contributed by atoms with E-state index >= 15 is 0 Å². The summed E-state index contributed by atoms with van der Waals surface area (Å²) < 4.78 is 27.8. The normalized spacial score (nSPS) is 18.3. The molecule has 2 heterocycles. The second-order valence-corrected chi connectivity index (χ2v) is 11.5. The maximum absolute atomic E-state index is 13.2. The van der Waals surface area contributed by atoms with Gasteiger partial charge in [-0.05, 0) is 87.6 Å². The van der Waals surface area contributed by atoms with Crippen LogP contribution in [0.5, 0.6) is 0 Å². The van der Waals surface area contributed by atoms with Crippen molar-refractivity contribution in [3.8, 4) is 0 Å². The number of hydrogen-bond acceptors (Lipinski definition) is 4. The monoisotopic (exact) mass is 469 g/mol. The molecule has 2 aromatic rings. The molecule has 0 unspecified atom stereocenters. The van der Waals surface area contributed by atoms with Crippen molar-refractivity contribution in [3.05, 3.63) is 53.1 Å². The van der Waals surface area contributed by atoms with Gasteiger partial charge in [-0.15, -0.1) is 0 Å². The minimum absolute atomic E-state index is 0.138. The van der Waals surface area contributed by atoms with Crippen LogP contribution in [0, 0.1) is 13.8 Å². The average Bonchev–Trinajstić information content (AvgIpc) is 2.94. The number of piperidine rings is 1. The van der Waals surface area contributed by atoms with E-state index < -0.39 is 15.4 Å². The molecule has 0 aliphatic carbocycles. The van der Waals surface area contributed by atoms with Gasteiger partial charge in [0.2, 0.25) is 21.8 Å². The van der Waals surface area contributed by atoms with Crippen molar-refractivity contribution in [2.45, 2.75) is 57.3 Å². The summed E-state index contributed by atoms with van der Waals surface area (Å²) in [5, 5.41) is 2.87. The van der Waals surface area contributed by atoms with E-state index in [2.05, 4.69) is 5.32 Å². The number of sulfonamides is 1. The van der Waals surface area contributed by atoms with Gasteiger partial charge < -0.3 is 10.2 Å². The summed E-state index contributed by atoms with van der Waals surface area (Å²) in [4.78, 5) is 27.7. The van der Waals surface area contributed by atoms with Crippen LogP contribution in [0.1, 0.15) is 49.8 Å². The molecule has 0 bridgehead atoms. The number of aryl methyl sites for hydroxylation is 2. The van der Waals surface area contributed by atoms with Gasteiger partial charge in [-0.3, -0.25) is 9.59 Å². The fourth-order valence-electron chi connectivity index (χ4n) is 4.78. The third-order valence-electron chi connectivity index (χ3n) is 6.47. The zero-order chi connectivity index (χ0) is 24.0. The third-order valence-corrected chi connectivity index (χ3v) is 8.37. The average molecular weight is 470 g/mol. The fraction of sp³-hybridized carbons (Fsp3) is 0.440. The molecule has 0 radical (unpaired) electrons. The highest BCUT2D eigenvalue weighted by Gasteiger charge is 2.45. The first-order valence-electron chi connectivity index (χ1n) is 11.3. The summed E-state index contributed by atoms with van der Waals surface area (Å²) in [5.41, 5.74) is 3.05. The number of fused-ring (bicyclic) bond motifs is 1. The molecule has 2 aliphatic rings. The number of carbonyl (C=O) groups excluding carboxylic acids is 2. The van der Waals surface area contributed by atoms with Crippen LogP contribution in [0.15, 0.2) is 41.3 Å². The van der Waals surface area contributed by atoms with E-state index in [-0.39, 0.29) is 23.3 Å². The van der Waals surface area contributed by atoms with Crippen LogP contribution in [0.4, 0.5) is 11.4 Å². The maximum Gasteiger partial charge on any atom is 0.244 e. The number of benzene rings is 2. The number of hydrogen-bond donors (Lipinski definition) is 1. The van der Waals surface area contributed by atoms with Crippen LogP contribution in [0.25, 0.3) is 0 Å². The van der Waals surface area contributed by atoms with Crippen LogP contribution < -0.4 is 10.2 Å². The molecule has 2 amide bonds. The molecular formula is C25H31N3O4S. The maximum atomic E-state index is 13.2. The molecule has 2 aliphatic heterocycles. The van der Waals surface area contributed by atoms with Crippen LogP contribution in [0.3, 0.4) is 0 Å². The molecule has 1 N–H and O–H groups in total. The summed E-state index contributed by atoms with van der Waals surface area (Å²) in [7, 11) is -3.62. The van der Waals surface area contributed by atoms with Crippen molar-refractivity contribution in [3.63, 3.8) is 0 Å². The second kappa shape index (κ2) is 8.57. The largest absolute Gasteiger partial charge is 0.325 e. The summed E-state index contributed by atoms with van der Waals surface area (Å²) in [6, 6.07) is 10.6. The molecular weight excluding hydrogens is 438 g/mol. The van der Waals surface area contributed by atoms with Crippen molar-refractivity contribution in [1.82, 2.24) is 4.31 Å². The first kappa shape index (κ1) is 23.4. The van der Waals surface area contributed by atoms with E-state index in [1.807, 2.05) is 32.0 Å². The molecule has 8 heteroatoms. The smallest absolute Gasteiger partial charge is 0.244 e. The van der Waals surface area contributed by atoms with Gasteiger partial charge in [0, 0.05) is 24.5 Å². The molecule has 1 fully saturated rings. The van der Waals surface area contributed by atoms with Crippen molar-refractivity contribution >= 4 is 33.2 Å².